The first-order valence-corrected chi connectivity index (χ1v) is 22.8. The maximum absolute atomic E-state index is 13.1. The van der Waals surface area contributed by atoms with E-state index in [1.807, 2.05) is 13.8 Å². The van der Waals surface area contributed by atoms with Crippen LogP contribution < -0.4 is 16.0 Å². The van der Waals surface area contributed by atoms with Gasteiger partial charge in [-0.2, -0.15) is 0 Å². The summed E-state index contributed by atoms with van der Waals surface area (Å²) < 4.78 is 61.5. The molecule has 0 aromatic carbocycles. The minimum Gasteiger partial charge on any atom is -0.473 e. The first-order valence-electron chi connectivity index (χ1n) is 22.8. The number of esters is 1. The van der Waals surface area contributed by atoms with Gasteiger partial charge in [0.15, 0.2) is 20.4 Å². The van der Waals surface area contributed by atoms with Crippen LogP contribution in [0.25, 0.3) is 0 Å². The maximum Gasteiger partial charge on any atom is 0.407 e. The van der Waals surface area contributed by atoms with Gasteiger partial charge in [0.2, 0.25) is 0 Å². The van der Waals surface area contributed by atoms with E-state index >= 15 is 0 Å². The summed E-state index contributed by atoms with van der Waals surface area (Å²) in [5, 5.41) is 7.92. The number of ether oxygens (including phenoxy) is 11. The number of hydrogen-bond acceptors (Lipinski definition) is 15. The van der Waals surface area contributed by atoms with Crippen LogP contribution in [-0.2, 0) is 56.9 Å². The van der Waals surface area contributed by atoms with Crippen molar-refractivity contribution in [2.75, 3.05) is 99.5 Å². The van der Waals surface area contributed by atoms with E-state index in [-0.39, 0.29) is 105 Å². The topological polar surface area (TPSA) is 206 Å². The second-order valence-corrected chi connectivity index (χ2v) is 17.0. The van der Waals surface area contributed by atoms with E-state index in [0.29, 0.717) is 30.1 Å². The Hall–Kier alpha value is -5.04. The highest BCUT2D eigenvalue weighted by Gasteiger charge is 2.38. The summed E-state index contributed by atoms with van der Waals surface area (Å²) in [5.41, 5.74) is 0.506. The summed E-state index contributed by atoms with van der Waals surface area (Å²) >= 11 is 0. The zero-order valence-electron chi connectivity index (χ0n) is 41.5. The van der Waals surface area contributed by atoms with Gasteiger partial charge in [-0.3, -0.25) is 0 Å². The van der Waals surface area contributed by atoms with Crippen molar-refractivity contribution in [1.29, 1.82) is 0 Å². The third-order valence-electron chi connectivity index (χ3n) is 9.52. The summed E-state index contributed by atoms with van der Waals surface area (Å²) in [6.45, 7) is 32.7. The van der Waals surface area contributed by atoms with Gasteiger partial charge in [0, 0.05) is 24.1 Å². The van der Waals surface area contributed by atoms with Crippen LogP contribution in [0.15, 0.2) is 73.5 Å². The molecule has 0 aromatic heterocycles. The molecule has 67 heavy (non-hydrogen) atoms. The number of amides is 3. The Morgan fingerprint density at radius 1 is 0.403 bits per heavy atom. The van der Waals surface area contributed by atoms with Gasteiger partial charge in [-0.15, -0.1) is 13.2 Å². The second kappa shape index (κ2) is 38.0. The molecule has 0 unspecified atom stereocenters. The molecule has 0 bridgehead atoms. The zero-order chi connectivity index (χ0) is 50.4. The molecule has 0 saturated heterocycles. The molecule has 0 aromatic rings. The fourth-order valence-electron chi connectivity index (χ4n) is 5.88. The van der Waals surface area contributed by atoms with Crippen LogP contribution >= 0.6 is 0 Å². The lowest BCUT2D eigenvalue weighted by Gasteiger charge is -2.37. The maximum atomic E-state index is 13.1. The van der Waals surface area contributed by atoms with Gasteiger partial charge in [0.25, 0.3) is 0 Å². The molecule has 0 atom stereocenters. The SMILES string of the molecule is C=C(C)CCCCCC(CCCCCC(=C)C)(COCC(COCOC(=C)C)(COC(=O)NCCOCOC(=C)C)COC(=O)NCCOCOC(=C)C)COC(=O)NCCOC(=O)C(=C)C. The second-order valence-electron chi connectivity index (χ2n) is 17.0. The summed E-state index contributed by atoms with van der Waals surface area (Å²) in [5.74, 6) is 0.828. The molecule has 0 radical (unpaired) electrons. The molecular weight excluding hydrogens is 871 g/mol. The molecule has 0 heterocycles. The lowest BCUT2D eigenvalue weighted by Crippen LogP contribution is -2.46. The van der Waals surface area contributed by atoms with E-state index in [1.54, 1.807) is 20.8 Å². The zero-order valence-corrected chi connectivity index (χ0v) is 41.5. The molecule has 3 amide bonds. The number of carbonyl (C=O) groups is 4. The summed E-state index contributed by atoms with van der Waals surface area (Å²) in [6.07, 6.45) is 6.23. The Morgan fingerprint density at radius 2 is 0.776 bits per heavy atom. The van der Waals surface area contributed by atoms with E-state index in [4.69, 9.17) is 52.1 Å². The predicted molar refractivity (Wildman–Crippen MR) is 255 cm³/mol. The Kier molecular flexibility index (Phi) is 35.1. The summed E-state index contributed by atoms with van der Waals surface area (Å²) in [6, 6.07) is 0. The number of allylic oxidation sites excluding steroid dienone is 5. The van der Waals surface area contributed by atoms with Crippen LogP contribution in [0.4, 0.5) is 14.4 Å². The smallest absolute Gasteiger partial charge is 0.407 e. The molecule has 18 heteroatoms. The lowest BCUT2D eigenvalue weighted by atomic mass is 9.79. The van der Waals surface area contributed by atoms with Crippen molar-refractivity contribution < 1.29 is 71.3 Å². The number of nitrogens with one attached hydrogen (secondary N) is 3. The van der Waals surface area contributed by atoms with Gasteiger partial charge in [0.1, 0.15) is 26.4 Å². The molecule has 0 spiro atoms. The minimum absolute atomic E-state index is 0.0120. The average Bonchev–Trinajstić information content (AvgIpc) is 3.25. The third-order valence-corrected chi connectivity index (χ3v) is 9.52. The number of rotatable bonds is 43. The monoisotopic (exact) mass is 954 g/mol. The first kappa shape index (κ1) is 62.0. The van der Waals surface area contributed by atoms with Gasteiger partial charge in [-0.25, -0.2) is 19.2 Å². The normalized spacial score (nSPS) is 11.1. The Balaban J connectivity index is 6.59. The van der Waals surface area contributed by atoms with Crippen molar-refractivity contribution in [3.8, 4) is 0 Å². The molecule has 0 aliphatic heterocycles. The van der Waals surface area contributed by atoms with Crippen LogP contribution in [0.5, 0.6) is 0 Å². The molecular formula is C49H83N3O15. The average molecular weight is 954 g/mol. The van der Waals surface area contributed by atoms with Crippen molar-refractivity contribution >= 4 is 24.2 Å². The van der Waals surface area contributed by atoms with Crippen molar-refractivity contribution in [1.82, 2.24) is 16.0 Å². The number of carbonyl (C=O) groups excluding carboxylic acids is 4. The van der Waals surface area contributed by atoms with Crippen LogP contribution in [0.3, 0.4) is 0 Å². The Bertz CT molecular complexity index is 1470. The molecule has 18 nitrogen and oxygen atoms in total. The summed E-state index contributed by atoms with van der Waals surface area (Å²) in [7, 11) is 0. The van der Waals surface area contributed by atoms with Gasteiger partial charge in [-0.05, 0) is 80.1 Å². The highest BCUT2D eigenvalue weighted by Crippen LogP contribution is 2.35. The predicted octanol–water partition coefficient (Wildman–Crippen LogP) is 8.90. The highest BCUT2D eigenvalue weighted by atomic mass is 16.7. The Morgan fingerprint density at radius 3 is 1.18 bits per heavy atom. The van der Waals surface area contributed by atoms with Crippen LogP contribution in [0, 0.1) is 10.8 Å². The van der Waals surface area contributed by atoms with Crippen molar-refractivity contribution in [3.05, 3.63) is 73.5 Å². The molecule has 384 valence electrons. The summed E-state index contributed by atoms with van der Waals surface area (Å²) in [4.78, 5) is 51.0. The van der Waals surface area contributed by atoms with Crippen molar-refractivity contribution in [3.63, 3.8) is 0 Å². The quantitative estimate of drug-likeness (QED) is 0.00993. The standard InChI is InChI=1S/C49H83N3O15/c1-38(2)19-15-13-17-21-48(22-18-14-16-20-39(3)4,32-62-47(56)52-25-28-61-44(53)40(5)6)29-59-30-49(31-60-37-67-43(11)12,33-63-45(54)50-23-26-57-35-65-41(7)8)34-64-46(55)51-24-27-58-36-66-42(9)10/h1,3,5,7,9,11,13-37H2,2,4,6,8,10,12H3,(H,50,54)(H,51,55)(H,52,56). The molecule has 0 fully saturated rings. The highest BCUT2D eigenvalue weighted by molar-refractivity contribution is 5.86. The largest absolute Gasteiger partial charge is 0.473 e. The van der Waals surface area contributed by atoms with Gasteiger partial charge in [-0.1, -0.05) is 63.1 Å². The molecule has 0 aliphatic carbocycles. The van der Waals surface area contributed by atoms with Crippen LogP contribution in [0.1, 0.15) is 106 Å². The minimum atomic E-state index is -1.28. The Labute approximate surface area is 400 Å². The van der Waals surface area contributed by atoms with Crippen LogP contribution in [-0.4, -0.2) is 124 Å². The molecule has 0 saturated carbocycles. The van der Waals surface area contributed by atoms with Gasteiger partial charge < -0.3 is 68.1 Å². The van der Waals surface area contributed by atoms with E-state index in [0.717, 1.165) is 62.5 Å². The number of unbranched alkanes of at least 4 members (excludes halogenated alkanes) is 4. The fourth-order valence-corrected chi connectivity index (χ4v) is 5.88. The first-order chi connectivity index (χ1) is 31.8. The molecule has 0 aliphatic rings. The number of alkyl carbamates (subject to hydrolysis) is 3. The lowest BCUT2D eigenvalue weighted by molar-refractivity contribution is -0.138. The van der Waals surface area contributed by atoms with Crippen molar-refractivity contribution in [2.24, 2.45) is 10.8 Å². The number of hydrogen-bond donors (Lipinski definition) is 3. The fraction of sp³-hybridized carbons (Fsp3) is 0.673. The van der Waals surface area contributed by atoms with Gasteiger partial charge in [0.05, 0.1) is 62.3 Å². The van der Waals surface area contributed by atoms with Crippen LogP contribution in [0.2, 0.25) is 0 Å². The van der Waals surface area contributed by atoms with Crippen molar-refractivity contribution in [2.45, 2.75) is 106 Å². The molecule has 3 N–H and O–H groups in total. The van der Waals surface area contributed by atoms with E-state index in [2.05, 4.69) is 55.4 Å². The third kappa shape index (κ3) is 36.7. The molecule has 0 rings (SSSR count). The van der Waals surface area contributed by atoms with E-state index in [9.17, 15) is 19.2 Å². The van der Waals surface area contributed by atoms with E-state index in [1.165, 1.54) is 6.92 Å². The van der Waals surface area contributed by atoms with E-state index < -0.39 is 35.1 Å². The van der Waals surface area contributed by atoms with Gasteiger partial charge >= 0.3 is 24.2 Å².